The first kappa shape index (κ1) is 18.0. The molecule has 2 aromatic rings. The zero-order chi connectivity index (χ0) is 17.8. The molecule has 1 N–H and O–H groups in total. The van der Waals surface area contributed by atoms with Crippen LogP contribution in [-0.4, -0.2) is 29.0 Å². The maximum absolute atomic E-state index is 12.6. The number of anilines is 1. The van der Waals surface area contributed by atoms with Gasteiger partial charge >= 0.3 is 0 Å². The number of hydrogen-bond donors (Lipinski definition) is 1. The third-order valence-corrected chi connectivity index (χ3v) is 5.09. The first-order valence-electron chi connectivity index (χ1n) is 8.31. The Bertz CT molecular complexity index is 733. The second-order valence-electron chi connectivity index (χ2n) is 6.22. The lowest BCUT2D eigenvalue weighted by Gasteiger charge is -2.32. The third-order valence-electron chi connectivity index (χ3n) is 4.53. The fourth-order valence-electron chi connectivity index (χ4n) is 3.09. The summed E-state index contributed by atoms with van der Waals surface area (Å²) in [7, 11) is 0. The van der Waals surface area contributed by atoms with Crippen LogP contribution < -0.4 is 10.2 Å². The van der Waals surface area contributed by atoms with Crippen LogP contribution in [0.15, 0.2) is 36.8 Å². The Morgan fingerprint density at radius 1 is 1.28 bits per heavy atom. The number of carbonyl (C=O) groups excluding carboxylic acids is 1. The zero-order valence-electron chi connectivity index (χ0n) is 14.0. The van der Waals surface area contributed by atoms with Crippen molar-refractivity contribution in [3.05, 3.63) is 52.4 Å². The number of nitrogens with one attached hydrogen (secondary N) is 1. The molecule has 2 heterocycles. The monoisotopic (exact) mass is 378 g/mol. The van der Waals surface area contributed by atoms with Gasteiger partial charge in [-0.2, -0.15) is 0 Å². The molecule has 1 amide bonds. The molecular formula is C18H20Cl2N4O. The van der Waals surface area contributed by atoms with E-state index in [1.807, 2.05) is 13.0 Å². The van der Waals surface area contributed by atoms with Gasteiger partial charge in [-0.1, -0.05) is 29.3 Å². The summed E-state index contributed by atoms with van der Waals surface area (Å²) < 4.78 is 0. The maximum Gasteiger partial charge on any atom is 0.223 e. The Labute approximate surface area is 157 Å². The molecule has 1 aromatic carbocycles. The molecule has 3 rings (SSSR count). The summed E-state index contributed by atoms with van der Waals surface area (Å²) in [5, 5.41) is 4.22. The first-order chi connectivity index (χ1) is 12.0. The minimum atomic E-state index is -0.157. The van der Waals surface area contributed by atoms with Crippen molar-refractivity contribution in [3.63, 3.8) is 0 Å². The lowest BCUT2D eigenvalue weighted by molar-refractivity contribution is -0.126. The molecule has 1 aromatic heterocycles. The Morgan fingerprint density at radius 2 is 2.04 bits per heavy atom. The van der Waals surface area contributed by atoms with E-state index in [9.17, 15) is 4.79 Å². The van der Waals surface area contributed by atoms with Crippen molar-refractivity contribution in [2.45, 2.75) is 25.8 Å². The Morgan fingerprint density at radius 3 is 2.68 bits per heavy atom. The average molecular weight is 379 g/mol. The molecule has 1 unspecified atom stereocenters. The molecule has 1 aliphatic heterocycles. The van der Waals surface area contributed by atoms with E-state index in [-0.39, 0.29) is 17.9 Å². The fourth-order valence-corrected chi connectivity index (χ4v) is 3.66. The number of piperidine rings is 1. The number of benzene rings is 1. The first-order valence-corrected chi connectivity index (χ1v) is 9.06. The van der Waals surface area contributed by atoms with Gasteiger partial charge in [0.15, 0.2) is 0 Å². The molecule has 7 heteroatoms. The number of amides is 1. The van der Waals surface area contributed by atoms with Crippen LogP contribution >= 0.6 is 23.2 Å². The van der Waals surface area contributed by atoms with Gasteiger partial charge in [0, 0.05) is 41.4 Å². The SMILES string of the molecule is CC(NC(=O)C1CCN(c2cnccn2)CC1)c1ccc(Cl)cc1Cl. The molecule has 25 heavy (non-hydrogen) atoms. The van der Waals surface area contributed by atoms with Crippen molar-refractivity contribution < 1.29 is 4.79 Å². The lowest BCUT2D eigenvalue weighted by atomic mass is 9.95. The van der Waals surface area contributed by atoms with E-state index >= 15 is 0 Å². The van der Waals surface area contributed by atoms with Crippen molar-refractivity contribution in [1.82, 2.24) is 15.3 Å². The normalized spacial score (nSPS) is 16.5. The van der Waals surface area contributed by atoms with Gasteiger partial charge in [0.2, 0.25) is 5.91 Å². The number of carbonyl (C=O) groups is 1. The van der Waals surface area contributed by atoms with Gasteiger partial charge in [-0.3, -0.25) is 9.78 Å². The van der Waals surface area contributed by atoms with Crippen LogP contribution in [0.3, 0.4) is 0 Å². The molecule has 1 atom stereocenters. The van der Waals surface area contributed by atoms with E-state index < -0.39 is 0 Å². The van der Waals surface area contributed by atoms with Gasteiger partial charge < -0.3 is 10.2 Å². The van der Waals surface area contributed by atoms with Crippen LogP contribution in [0.25, 0.3) is 0 Å². The van der Waals surface area contributed by atoms with Crippen molar-refractivity contribution in [3.8, 4) is 0 Å². The van der Waals surface area contributed by atoms with Gasteiger partial charge in [0.1, 0.15) is 5.82 Å². The minimum absolute atomic E-state index is 0.00134. The van der Waals surface area contributed by atoms with Crippen LogP contribution in [0.5, 0.6) is 0 Å². The molecular weight excluding hydrogens is 359 g/mol. The van der Waals surface area contributed by atoms with Crippen molar-refractivity contribution in [2.75, 3.05) is 18.0 Å². The summed E-state index contributed by atoms with van der Waals surface area (Å²) in [5.74, 6) is 0.932. The van der Waals surface area contributed by atoms with Crippen LogP contribution in [0.2, 0.25) is 10.0 Å². The maximum atomic E-state index is 12.6. The van der Waals surface area contributed by atoms with E-state index in [2.05, 4.69) is 20.2 Å². The standard InChI is InChI=1S/C18H20Cl2N4O/c1-12(15-3-2-14(19)10-16(15)20)23-18(25)13-4-8-24(9-5-13)17-11-21-6-7-22-17/h2-3,6-7,10-13H,4-5,8-9H2,1H3,(H,23,25). The van der Waals surface area contributed by atoms with Gasteiger partial charge in [0.25, 0.3) is 0 Å². The third kappa shape index (κ3) is 4.41. The highest BCUT2D eigenvalue weighted by atomic mass is 35.5. The fraction of sp³-hybridized carbons (Fsp3) is 0.389. The van der Waals surface area contributed by atoms with E-state index in [0.717, 1.165) is 37.3 Å². The van der Waals surface area contributed by atoms with Crippen molar-refractivity contribution >= 4 is 34.9 Å². The molecule has 5 nitrogen and oxygen atoms in total. The van der Waals surface area contributed by atoms with Crippen LogP contribution in [0.4, 0.5) is 5.82 Å². The number of halogens is 2. The molecule has 1 aliphatic rings. The second-order valence-corrected chi connectivity index (χ2v) is 7.06. The van der Waals surface area contributed by atoms with Crippen molar-refractivity contribution in [1.29, 1.82) is 0 Å². The van der Waals surface area contributed by atoms with Crippen molar-refractivity contribution in [2.24, 2.45) is 5.92 Å². The predicted molar refractivity (Wildman–Crippen MR) is 100.0 cm³/mol. The number of nitrogens with zero attached hydrogens (tertiary/aromatic N) is 3. The Kier molecular flexibility index (Phi) is 5.76. The average Bonchev–Trinajstić information content (AvgIpc) is 2.62. The lowest BCUT2D eigenvalue weighted by Crippen LogP contribution is -2.41. The predicted octanol–water partition coefficient (Wildman–Crippen LogP) is 3.88. The molecule has 0 spiro atoms. The summed E-state index contributed by atoms with van der Waals surface area (Å²) in [4.78, 5) is 23.2. The topological polar surface area (TPSA) is 58.1 Å². The van der Waals surface area contributed by atoms with E-state index in [1.54, 1.807) is 30.7 Å². The molecule has 1 fully saturated rings. The summed E-state index contributed by atoms with van der Waals surface area (Å²) in [5.41, 5.74) is 0.872. The quantitative estimate of drug-likeness (QED) is 0.876. The van der Waals surface area contributed by atoms with Crippen LogP contribution in [-0.2, 0) is 4.79 Å². The number of hydrogen-bond acceptors (Lipinski definition) is 4. The molecule has 1 saturated heterocycles. The largest absolute Gasteiger partial charge is 0.355 e. The molecule has 0 radical (unpaired) electrons. The smallest absolute Gasteiger partial charge is 0.223 e. The number of rotatable bonds is 4. The van der Waals surface area contributed by atoms with Gasteiger partial charge in [-0.25, -0.2) is 4.98 Å². The molecule has 0 aliphatic carbocycles. The van der Waals surface area contributed by atoms with E-state index in [0.29, 0.717) is 10.0 Å². The Hall–Kier alpha value is -1.85. The molecule has 0 saturated carbocycles. The highest BCUT2D eigenvalue weighted by Crippen LogP contribution is 2.27. The highest BCUT2D eigenvalue weighted by Gasteiger charge is 2.27. The highest BCUT2D eigenvalue weighted by molar-refractivity contribution is 6.35. The summed E-state index contributed by atoms with van der Waals surface area (Å²) in [6.45, 7) is 3.53. The van der Waals surface area contributed by atoms with Crippen LogP contribution in [0.1, 0.15) is 31.4 Å². The minimum Gasteiger partial charge on any atom is -0.355 e. The number of aromatic nitrogens is 2. The summed E-state index contributed by atoms with van der Waals surface area (Å²) >= 11 is 12.2. The molecule has 0 bridgehead atoms. The second kappa shape index (κ2) is 8.02. The zero-order valence-corrected chi connectivity index (χ0v) is 15.5. The van der Waals surface area contributed by atoms with Crippen LogP contribution in [0, 0.1) is 5.92 Å². The Balaban J connectivity index is 1.56. The summed E-state index contributed by atoms with van der Waals surface area (Å²) in [6, 6.07) is 5.17. The van der Waals surface area contributed by atoms with Gasteiger partial charge in [0.05, 0.1) is 12.2 Å². The van der Waals surface area contributed by atoms with E-state index in [4.69, 9.17) is 23.2 Å². The van der Waals surface area contributed by atoms with Gasteiger partial charge in [-0.15, -0.1) is 0 Å². The summed E-state index contributed by atoms with van der Waals surface area (Å²) in [6.07, 6.45) is 6.69. The van der Waals surface area contributed by atoms with E-state index in [1.165, 1.54) is 0 Å². The van der Waals surface area contributed by atoms with Gasteiger partial charge in [-0.05, 0) is 37.5 Å². The molecule has 132 valence electrons.